The summed E-state index contributed by atoms with van der Waals surface area (Å²) in [5.74, 6) is 0.179. The summed E-state index contributed by atoms with van der Waals surface area (Å²) in [5, 5.41) is 13.0. The summed E-state index contributed by atoms with van der Waals surface area (Å²) in [5.41, 5.74) is 6.03. The lowest BCUT2D eigenvalue weighted by Gasteiger charge is -2.02. The van der Waals surface area contributed by atoms with Crippen molar-refractivity contribution in [1.82, 2.24) is 0 Å². The number of anilines is 1. The fourth-order valence-electron chi connectivity index (χ4n) is 0.835. The first-order chi connectivity index (χ1) is 6.63. The first kappa shape index (κ1) is 10.5. The van der Waals surface area contributed by atoms with Crippen LogP contribution in [0.5, 0.6) is 0 Å². The Labute approximate surface area is 88.3 Å². The molecule has 0 aliphatic carbocycles. The first-order valence-electron chi connectivity index (χ1n) is 3.59. The maximum absolute atomic E-state index is 10.3. The largest absolute Gasteiger partial charge is 0.369 e. The molecule has 1 rings (SSSR count). The second kappa shape index (κ2) is 4.56. The van der Waals surface area contributed by atoms with E-state index in [1.165, 1.54) is 12.1 Å². The number of benzene rings is 1. The van der Waals surface area contributed by atoms with Crippen LogP contribution in [0.25, 0.3) is 0 Å². The van der Waals surface area contributed by atoms with Crippen molar-refractivity contribution in [3.63, 3.8) is 0 Å². The third kappa shape index (κ3) is 2.70. The molecule has 0 aromatic heterocycles. The Hall–Kier alpha value is -1.63. The van der Waals surface area contributed by atoms with Crippen LogP contribution in [-0.4, -0.2) is 10.9 Å². The second-order valence-electron chi connectivity index (χ2n) is 2.40. The molecule has 1 aromatic rings. The van der Waals surface area contributed by atoms with Crippen LogP contribution in [-0.2, 0) is 0 Å². The minimum atomic E-state index is -0.467. The van der Waals surface area contributed by atoms with Gasteiger partial charge in [0.2, 0.25) is 5.96 Å². The second-order valence-corrected chi connectivity index (χ2v) is 2.75. The van der Waals surface area contributed by atoms with E-state index in [0.29, 0.717) is 5.69 Å². The van der Waals surface area contributed by atoms with Crippen LogP contribution in [0.2, 0.25) is 0 Å². The number of guanidine groups is 1. The predicted octanol–water partition coefficient (Wildman–Crippen LogP) is 1.63. The van der Waals surface area contributed by atoms with Gasteiger partial charge in [0, 0.05) is 17.8 Å². The summed E-state index contributed by atoms with van der Waals surface area (Å²) in [6, 6.07) is 5.85. The monoisotopic (exact) mass is 258 g/mol. The van der Waals surface area contributed by atoms with Gasteiger partial charge in [0.1, 0.15) is 0 Å². The molecule has 0 unspecified atom stereocenters. The van der Waals surface area contributed by atoms with Gasteiger partial charge in [0.15, 0.2) is 0 Å². The molecule has 14 heavy (non-hydrogen) atoms. The highest BCUT2D eigenvalue weighted by Gasteiger charge is 2.03. The zero-order chi connectivity index (χ0) is 10.6. The van der Waals surface area contributed by atoms with E-state index < -0.39 is 4.92 Å². The molecule has 6 nitrogen and oxygen atoms in total. The molecule has 3 N–H and O–H groups in total. The van der Waals surface area contributed by atoms with Gasteiger partial charge in [-0.3, -0.25) is 10.1 Å². The zero-order valence-corrected chi connectivity index (χ0v) is 8.56. The van der Waals surface area contributed by atoms with E-state index in [4.69, 9.17) is 5.73 Å². The summed E-state index contributed by atoms with van der Waals surface area (Å²) in [7, 11) is 0. The third-order valence-electron chi connectivity index (χ3n) is 1.44. The lowest BCUT2D eigenvalue weighted by molar-refractivity contribution is -0.384. The molecule has 0 atom stereocenters. The molecule has 1 aromatic carbocycles. The van der Waals surface area contributed by atoms with Gasteiger partial charge >= 0.3 is 0 Å². The minimum absolute atomic E-state index is 0.0323. The van der Waals surface area contributed by atoms with E-state index in [1.807, 2.05) is 0 Å². The van der Waals surface area contributed by atoms with Crippen molar-refractivity contribution in [3.05, 3.63) is 34.4 Å². The Morgan fingerprint density at radius 1 is 1.50 bits per heavy atom. The maximum Gasteiger partial charge on any atom is 0.269 e. The molecule has 0 aliphatic rings. The molecule has 0 radical (unpaired) electrons. The van der Waals surface area contributed by atoms with E-state index in [-0.39, 0.29) is 11.6 Å². The molecule has 0 bridgehead atoms. The van der Waals surface area contributed by atoms with Crippen LogP contribution in [0.3, 0.4) is 0 Å². The van der Waals surface area contributed by atoms with E-state index >= 15 is 0 Å². The summed E-state index contributed by atoms with van der Waals surface area (Å²) in [6.07, 6.45) is 0. The zero-order valence-electron chi connectivity index (χ0n) is 6.98. The molecule has 74 valence electrons. The van der Waals surface area contributed by atoms with Crippen molar-refractivity contribution in [1.29, 1.82) is 0 Å². The summed E-state index contributed by atoms with van der Waals surface area (Å²) >= 11 is 2.80. The minimum Gasteiger partial charge on any atom is -0.369 e. The van der Waals surface area contributed by atoms with Gasteiger partial charge < -0.3 is 11.1 Å². The van der Waals surface area contributed by atoms with Crippen molar-refractivity contribution < 1.29 is 4.92 Å². The summed E-state index contributed by atoms with van der Waals surface area (Å²) in [4.78, 5) is 9.85. The molecule has 0 spiro atoms. The van der Waals surface area contributed by atoms with E-state index in [0.717, 1.165) is 0 Å². The average Bonchev–Trinajstić information content (AvgIpc) is 2.18. The molecular weight excluding hydrogens is 252 g/mol. The predicted molar refractivity (Wildman–Crippen MR) is 57.3 cm³/mol. The summed E-state index contributed by atoms with van der Waals surface area (Å²) in [6.45, 7) is 0. The number of nitrogens with two attached hydrogens (primary N) is 1. The van der Waals surface area contributed by atoms with Crippen molar-refractivity contribution in [2.24, 2.45) is 9.75 Å². The van der Waals surface area contributed by atoms with Crippen LogP contribution in [0, 0.1) is 10.1 Å². The van der Waals surface area contributed by atoms with Gasteiger partial charge in [-0.15, -0.1) is 0 Å². The van der Waals surface area contributed by atoms with Crippen LogP contribution < -0.4 is 11.1 Å². The van der Waals surface area contributed by atoms with E-state index in [2.05, 4.69) is 25.5 Å². The average molecular weight is 259 g/mol. The molecule has 0 heterocycles. The van der Waals surface area contributed by atoms with Gasteiger partial charge in [0.05, 0.1) is 21.1 Å². The molecule has 0 aliphatic heterocycles. The topological polar surface area (TPSA) is 93.5 Å². The van der Waals surface area contributed by atoms with Gasteiger partial charge in [-0.1, -0.05) is 0 Å². The lowest BCUT2D eigenvalue weighted by atomic mass is 10.3. The quantitative estimate of drug-likeness (QED) is 0.365. The molecule has 0 saturated carbocycles. The van der Waals surface area contributed by atoms with Crippen LogP contribution >= 0.6 is 16.1 Å². The highest BCUT2D eigenvalue weighted by Crippen LogP contribution is 2.14. The van der Waals surface area contributed by atoms with Gasteiger partial charge in [-0.2, -0.15) is 4.02 Å². The first-order valence-corrected chi connectivity index (χ1v) is 4.30. The molecule has 7 heteroatoms. The van der Waals surface area contributed by atoms with E-state index in [9.17, 15) is 10.1 Å². The number of nitrogens with one attached hydrogen (secondary N) is 1. The van der Waals surface area contributed by atoms with Crippen molar-refractivity contribution >= 4 is 33.5 Å². The Bertz CT molecular complexity index is 362. The van der Waals surface area contributed by atoms with Crippen LogP contribution in [0.15, 0.2) is 28.3 Å². The molecular formula is C7H7BrN4O2. The van der Waals surface area contributed by atoms with Gasteiger partial charge in [0.25, 0.3) is 5.69 Å². The normalized spacial score (nSPS) is 11.1. The fraction of sp³-hybridized carbons (Fsp3) is 0. The van der Waals surface area contributed by atoms with Crippen LogP contribution in [0.1, 0.15) is 0 Å². The third-order valence-corrected chi connectivity index (χ3v) is 1.82. The highest BCUT2D eigenvalue weighted by molar-refractivity contribution is 9.08. The summed E-state index contributed by atoms with van der Waals surface area (Å²) < 4.78 is 3.50. The Balaban J connectivity index is 2.79. The SMILES string of the molecule is NC(=NBr)Nc1ccc([N+](=O)[O-])cc1. The van der Waals surface area contributed by atoms with Crippen LogP contribution in [0.4, 0.5) is 11.4 Å². The standard InChI is InChI=1S/C7H7BrN4O2/c8-11-7(9)10-5-1-3-6(4-2-5)12(13)14/h1-4H,(H3,9,10,11). The lowest BCUT2D eigenvalue weighted by Crippen LogP contribution is -2.21. The molecule has 0 fully saturated rings. The number of rotatable bonds is 2. The number of halogens is 1. The Morgan fingerprint density at radius 3 is 2.50 bits per heavy atom. The Morgan fingerprint density at radius 2 is 2.07 bits per heavy atom. The van der Waals surface area contributed by atoms with Crippen molar-refractivity contribution in [2.75, 3.05) is 5.32 Å². The van der Waals surface area contributed by atoms with Gasteiger partial charge in [-0.25, -0.2) is 0 Å². The maximum atomic E-state index is 10.3. The number of nitro benzene ring substituents is 1. The number of hydrogen-bond acceptors (Lipinski definition) is 3. The van der Waals surface area contributed by atoms with Gasteiger partial charge in [-0.05, 0) is 12.1 Å². The fourth-order valence-corrected chi connectivity index (χ4v) is 0.924. The smallest absolute Gasteiger partial charge is 0.269 e. The Kier molecular flexibility index (Phi) is 3.41. The number of non-ortho nitro benzene ring substituents is 1. The van der Waals surface area contributed by atoms with E-state index in [1.54, 1.807) is 12.1 Å². The molecule has 0 amide bonds. The van der Waals surface area contributed by atoms with Crippen molar-refractivity contribution in [3.8, 4) is 0 Å². The molecule has 0 saturated heterocycles. The number of hydrogen-bond donors (Lipinski definition) is 2. The number of nitro groups is 1. The number of nitrogens with zero attached hydrogens (tertiary/aromatic N) is 2. The van der Waals surface area contributed by atoms with Crippen molar-refractivity contribution in [2.45, 2.75) is 0 Å². The highest BCUT2D eigenvalue weighted by atomic mass is 79.9.